The molecule has 23 heavy (non-hydrogen) atoms. The Labute approximate surface area is 130 Å². The van der Waals surface area contributed by atoms with E-state index in [1.165, 1.54) is 4.90 Å². The number of amides is 1. The molecular formula is C12H16N8O3. The first-order valence-corrected chi connectivity index (χ1v) is 7.41. The van der Waals surface area contributed by atoms with Crippen LogP contribution in [0.4, 0.5) is 0 Å². The number of nitrogens with one attached hydrogen (secondary N) is 1. The number of rotatable bonds is 3. The Morgan fingerprint density at radius 3 is 2.83 bits per heavy atom. The SMILES string of the molecule is O=C(c1cn(C2CCOCC2)nn1)N1CC(O)(c2nn[nH]n2)C1. The number of hydrogen-bond acceptors (Lipinski definition) is 8. The number of aromatic nitrogens is 7. The number of tetrazole rings is 1. The molecule has 0 unspecified atom stereocenters. The fraction of sp³-hybridized carbons (Fsp3) is 0.667. The molecule has 2 aromatic heterocycles. The molecule has 11 heteroatoms. The Morgan fingerprint density at radius 2 is 2.13 bits per heavy atom. The molecule has 4 heterocycles. The maximum Gasteiger partial charge on any atom is 0.276 e. The van der Waals surface area contributed by atoms with Gasteiger partial charge in [-0.15, -0.1) is 15.3 Å². The van der Waals surface area contributed by atoms with Gasteiger partial charge in [-0.1, -0.05) is 10.4 Å². The van der Waals surface area contributed by atoms with Crippen molar-refractivity contribution in [3.8, 4) is 0 Å². The lowest BCUT2D eigenvalue weighted by Crippen LogP contribution is -2.61. The van der Waals surface area contributed by atoms with Crippen LogP contribution in [0.3, 0.4) is 0 Å². The lowest BCUT2D eigenvalue weighted by atomic mass is 9.93. The van der Waals surface area contributed by atoms with Gasteiger partial charge in [-0.05, 0) is 12.8 Å². The zero-order valence-electron chi connectivity index (χ0n) is 12.3. The zero-order valence-corrected chi connectivity index (χ0v) is 12.3. The Balaban J connectivity index is 1.41. The Kier molecular flexibility index (Phi) is 3.31. The fourth-order valence-corrected chi connectivity index (χ4v) is 2.89. The topological polar surface area (TPSA) is 135 Å². The summed E-state index contributed by atoms with van der Waals surface area (Å²) >= 11 is 0. The highest BCUT2D eigenvalue weighted by molar-refractivity contribution is 5.92. The molecule has 2 saturated heterocycles. The van der Waals surface area contributed by atoms with E-state index < -0.39 is 5.60 Å². The van der Waals surface area contributed by atoms with E-state index in [4.69, 9.17) is 4.74 Å². The average Bonchev–Trinajstić information content (AvgIpc) is 3.23. The number of β-amino-alcohol motifs (C(OH)–C–C–N with tert-alkyl or cyclic N) is 1. The van der Waals surface area contributed by atoms with Crippen LogP contribution in [0.25, 0.3) is 0 Å². The third-order valence-corrected chi connectivity index (χ3v) is 4.25. The molecule has 0 radical (unpaired) electrons. The van der Waals surface area contributed by atoms with E-state index >= 15 is 0 Å². The minimum atomic E-state index is -1.25. The van der Waals surface area contributed by atoms with Crippen LogP contribution in [-0.4, -0.2) is 77.8 Å². The number of ether oxygens (including phenoxy) is 1. The van der Waals surface area contributed by atoms with E-state index in [1.807, 2.05) is 0 Å². The van der Waals surface area contributed by atoms with E-state index in [-0.39, 0.29) is 36.6 Å². The summed E-state index contributed by atoms with van der Waals surface area (Å²) in [6.45, 7) is 1.60. The van der Waals surface area contributed by atoms with Crippen LogP contribution in [-0.2, 0) is 10.3 Å². The number of carbonyl (C=O) groups is 1. The maximum atomic E-state index is 12.4. The van der Waals surface area contributed by atoms with Gasteiger partial charge >= 0.3 is 0 Å². The van der Waals surface area contributed by atoms with Crippen LogP contribution in [0.2, 0.25) is 0 Å². The van der Waals surface area contributed by atoms with Crippen LogP contribution in [0.15, 0.2) is 6.20 Å². The van der Waals surface area contributed by atoms with E-state index in [1.54, 1.807) is 10.9 Å². The van der Waals surface area contributed by atoms with Gasteiger partial charge in [0.25, 0.3) is 5.91 Å². The second kappa shape index (κ2) is 5.35. The second-order valence-electron chi connectivity index (χ2n) is 5.86. The van der Waals surface area contributed by atoms with Gasteiger partial charge in [0.05, 0.1) is 25.3 Å². The minimum absolute atomic E-state index is 0.107. The van der Waals surface area contributed by atoms with Gasteiger partial charge in [0, 0.05) is 13.2 Å². The lowest BCUT2D eigenvalue weighted by molar-refractivity contribution is -0.0924. The Bertz CT molecular complexity index is 687. The number of nitrogens with zero attached hydrogens (tertiary/aromatic N) is 7. The summed E-state index contributed by atoms with van der Waals surface area (Å²) in [6, 6.07) is 0.213. The van der Waals surface area contributed by atoms with Crippen molar-refractivity contribution in [2.45, 2.75) is 24.5 Å². The predicted molar refractivity (Wildman–Crippen MR) is 73.1 cm³/mol. The van der Waals surface area contributed by atoms with Gasteiger partial charge in [-0.25, -0.2) is 4.68 Å². The van der Waals surface area contributed by atoms with Gasteiger partial charge in [0.2, 0.25) is 5.82 Å². The minimum Gasteiger partial charge on any atom is -0.381 e. The smallest absolute Gasteiger partial charge is 0.276 e. The van der Waals surface area contributed by atoms with Gasteiger partial charge in [0.15, 0.2) is 11.3 Å². The van der Waals surface area contributed by atoms with E-state index in [0.717, 1.165) is 12.8 Å². The second-order valence-corrected chi connectivity index (χ2v) is 5.86. The van der Waals surface area contributed by atoms with Gasteiger partial charge in [-0.3, -0.25) is 4.79 Å². The molecule has 0 aliphatic carbocycles. The van der Waals surface area contributed by atoms with Crippen molar-refractivity contribution < 1.29 is 14.6 Å². The third-order valence-electron chi connectivity index (χ3n) is 4.25. The van der Waals surface area contributed by atoms with Crippen molar-refractivity contribution in [2.24, 2.45) is 0 Å². The molecule has 2 aliphatic heterocycles. The monoisotopic (exact) mass is 320 g/mol. The molecule has 0 bridgehead atoms. The van der Waals surface area contributed by atoms with Gasteiger partial charge in [-0.2, -0.15) is 5.21 Å². The molecule has 2 aromatic rings. The normalized spacial score (nSPS) is 21.2. The number of aliphatic hydroxyl groups is 1. The first kappa shape index (κ1) is 14.2. The van der Waals surface area contributed by atoms with Crippen molar-refractivity contribution >= 4 is 5.91 Å². The highest BCUT2D eigenvalue weighted by atomic mass is 16.5. The summed E-state index contributed by atoms with van der Waals surface area (Å²) in [4.78, 5) is 13.9. The predicted octanol–water partition coefficient (Wildman–Crippen LogP) is -1.51. The van der Waals surface area contributed by atoms with Crippen molar-refractivity contribution in [2.75, 3.05) is 26.3 Å². The maximum absolute atomic E-state index is 12.4. The van der Waals surface area contributed by atoms with Crippen molar-refractivity contribution in [1.29, 1.82) is 0 Å². The molecule has 0 atom stereocenters. The van der Waals surface area contributed by atoms with Crippen LogP contribution < -0.4 is 0 Å². The average molecular weight is 320 g/mol. The molecule has 2 aliphatic rings. The lowest BCUT2D eigenvalue weighted by Gasteiger charge is -2.43. The van der Waals surface area contributed by atoms with Crippen LogP contribution in [0.1, 0.15) is 35.2 Å². The van der Waals surface area contributed by atoms with E-state index in [2.05, 4.69) is 30.9 Å². The summed E-state index contributed by atoms with van der Waals surface area (Å²) in [5.41, 5.74) is -0.981. The van der Waals surface area contributed by atoms with Crippen molar-refractivity contribution in [1.82, 2.24) is 40.5 Å². The molecule has 122 valence electrons. The van der Waals surface area contributed by atoms with Crippen LogP contribution in [0.5, 0.6) is 0 Å². The third kappa shape index (κ3) is 2.47. The zero-order chi connectivity index (χ0) is 15.9. The van der Waals surface area contributed by atoms with Crippen LogP contribution >= 0.6 is 0 Å². The highest BCUT2D eigenvalue weighted by Crippen LogP contribution is 2.30. The molecule has 4 rings (SSSR count). The number of carbonyl (C=O) groups excluding carboxylic acids is 1. The Morgan fingerprint density at radius 1 is 1.35 bits per heavy atom. The number of likely N-dealkylation sites (tertiary alicyclic amines) is 1. The summed E-state index contributed by atoms with van der Waals surface area (Å²) in [6.07, 6.45) is 3.38. The van der Waals surface area contributed by atoms with Crippen LogP contribution in [0, 0.1) is 0 Å². The molecule has 1 amide bonds. The number of hydrogen-bond donors (Lipinski definition) is 2. The van der Waals surface area contributed by atoms with E-state index in [0.29, 0.717) is 13.2 Å². The summed E-state index contributed by atoms with van der Waals surface area (Å²) in [7, 11) is 0. The van der Waals surface area contributed by atoms with Crippen molar-refractivity contribution in [3.05, 3.63) is 17.7 Å². The van der Waals surface area contributed by atoms with Gasteiger partial charge < -0.3 is 14.7 Å². The fourth-order valence-electron chi connectivity index (χ4n) is 2.89. The summed E-state index contributed by atoms with van der Waals surface area (Å²) in [5.74, 6) is -0.0797. The summed E-state index contributed by atoms with van der Waals surface area (Å²) < 4.78 is 7.04. The highest BCUT2D eigenvalue weighted by Gasteiger charge is 2.48. The first-order valence-electron chi connectivity index (χ1n) is 7.41. The standard InChI is InChI=1S/C12H16N8O3/c21-10(19-6-12(22,7-19)11-14-16-17-15-11)9-5-20(18-13-9)8-1-3-23-4-2-8/h5,8,22H,1-4,6-7H2,(H,14,15,16,17). The molecule has 0 saturated carbocycles. The van der Waals surface area contributed by atoms with E-state index in [9.17, 15) is 9.90 Å². The molecule has 0 spiro atoms. The van der Waals surface area contributed by atoms with Crippen molar-refractivity contribution in [3.63, 3.8) is 0 Å². The number of H-pyrrole nitrogens is 1. The molecular weight excluding hydrogens is 304 g/mol. The quantitative estimate of drug-likeness (QED) is 0.696. The Hall–Kier alpha value is -2.40. The van der Waals surface area contributed by atoms with Gasteiger partial charge in [0.1, 0.15) is 0 Å². The summed E-state index contributed by atoms with van der Waals surface area (Å²) in [5, 5.41) is 31.5. The first-order chi connectivity index (χ1) is 11.2. The number of aromatic amines is 1. The molecule has 0 aromatic carbocycles. The molecule has 2 N–H and O–H groups in total. The largest absolute Gasteiger partial charge is 0.381 e. The molecule has 2 fully saturated rings. The molecule has 11 nitrogen and oxygen atoms in total.